The molecule has 0 atom stereocenters. The maximum Gasteiger partial charge on any atom is 0.192 e. The molecule has 0 aromatic carbocycles. The minimum absolute atomic E-state index is 0.290. The molecular formula is C12H24N2OSi. The fourth-order valence-electron chi connectivity index (χ4n) is 1.22. The van der Waals surface area contributed by atoms with Gasteiger partial charge in [0.05, 0.1) is 18.6 Å². The maximum atomic E-state index is 6.10. The van der Waals surface area contributed by atoms with E-state index in [2.05, 4.69) is 49.6 Å². The van der Waals surface area contributed by atoms with Gasteiger partial charge in [-0.25, -0.2) is 4.98 Å². The first kappa shape index (κ1) is 13.5. The van der Waals surface area contributed by atoms with Gasteiger partial charge in [-0.05, 0) is 25.1 Å². The molecule has 0 radical (unpaired) electrons. The lowest BCUT2D eigenvalue weighted by Crippen LogP contribution is -2.41. The molecule has 0 bridgehead atoms. The number of imidazole rings is 1. The molecule has 0 N–H and O–H groups in total. The molecule has 1 heterocycles. The lowest BCUT2D eigenvalue weighted by atomic mass is 10.2. The Morgan fingerprint density at radius 2 is 2.00 bits per heavy atom. The van der Waals surface area contributed by atoms with Gasteiger partial charge < -0.3 is 8.99 Å². The van der Waals surface area contributed by atoms with Crippen LogP contribution in [0.3, 0.4) is 0 Å². The Hall–Kier alpha value is -0.613. The molecule has 0 saturated heterocycles. The van der Waals surface area contributed by atoms with Crippen LogP contribution >= 0.6 is 0 Å². The van der Waals surface area contributed by atoms with Crippen LogP contribution in [-0.4, -0.2) is 24.5 Å². The Labute approximate surface area is 100.0 Å². The van der Waals surface area contributed by atoms with Crippen LogP contribution in [0.5, 0.6) is 0 Å². The summed E-state index contributed by atoms with van der Waals surface area (Å²) < 4.78 is 8.18. The minimum Gasteiger partial charge on any atom is -0.415 e. The SMILES string of the molecule is Cc1cn(CCO[Si](C)(C)C(C)(C)C)cn1. The van der Waals surface area contributed by atoms with Crippen LogP contribution in [0.25, 0.3) is 0 Å². The summed E-state index contributed by atoms with van der Waals surface area (Å²) in [6.45, 7) is 15.0. The highest BCUT2D eigenvalue weighted by atomic mass is 28.4. The topological polar surface area (TPSA) is 27.1 Å². The monoisotopic (exact) mass is 240 g/mol. The van der Waals surface area contributed by atoms with Gasteiger partial charge in [0.15, 0.2) is 8.32 Å². The average molecular weight is 240 g/mol. The van der Waals surface area contributed by atoms with Crippen LogP contribution in [0, 0.1) is 6.92 Å². The molecule has 3 nitrogen and oxygen atoms in total. The van der Waals surface area contributed by atoms with Crippen LogP contribution in [0.15, 0.2) is 12.5 Å². The zero-order valence-electron chi connectivity index (χ0n) is 11.4. The Morgan fingerprint density at radius 1 is 1.38 bits per heavy atom. The molecule has 0 amide bonds. The zero-order valence-corrected chi connectivity index (χ0v) is 12.4. The van der Waals surface area contributed by atoms with Gasteiger partial charge in [0.2, 0.25) is 0 Å². The van der Waals surface area contributed by atoms with Crippen molar-refractivity contribution in [3.8, 4) is 0 Å². The van der Waals surface area contributed by atoms with Crippen LogP contribution in [0.2, 0.25) is 18.1 Å². The van der Waals surface area contributed by atoms with E-state index >= 15 is 0 Å². The third-order valence-corrected chi connectivity index (χ3v) is 7.92. The molecule has 92 valence electrons. The van der Waals surface area contributed by atoms with Crippen molar-refractivity contribution in [2.45, 2.75) is 52.4 Å². The summed E-state index contributed by atoms with van der Waals surface area (Å²) in [5.41, 5.74) is 1.06. The van der Waals surface area contributed by atoms with E-state index in [1.807, 2.05) is 13.3 Å². The fraction of sp³-hybridized carbons (Fsp3) is 0.750. The molecule has 4 heteroatoms. The highest BCUT2D eigenvalue weighted by Gasteiger charge is 2.36. The summed E-state index contributed by atoms with van der Waals surface area (Å²) in [4.78, 5) is 4.20. The molecule has 1 aromatic rings. The van der Waals surface area contributed by atoms with E-state index in [-0.39, 0.29) is 5.04 Å². The Morgan fingerprint density at radius 3 is 2.44 bits per heavy atom. The van der Waals surface area contributed by atoms with Crippen LogP contribution in [-0.2, 0) is 11.0 Å². The van der Waals surface area contributed by atoms with E-state index in [0.29, 0.717) is 0 Å². The predicted molar refractivity (Wildman–Crippen MR) is 70.1 cm³/mol. The summed E-state index contributed by atoms with van der Waals surface area (Å²) in [5, 5.41) is 0.290. The van der Waals surface area contributed by atoms with E-state index in [4.69, 9.17) is 4.43 Å². The first-order chi connectivity index (χ1) is 7.22. The van der Waals surface area contributed by atoms with Crippen molar-refractivity contribution in [1.82, 2.24) is 9.55 Å². The molecule has 0 aliphatic heterocycles. The number of aryl methyl sites for hydroxylation is 1. The van der Waals surface area contributed by atoms with E-state index < -0.39 is 8.32 Å². The van der Waals surface area contributed by atoms with Crippen LogP contribution < -0.4 is 0 Å². The van der Waals surface area contributed by atoms with Crippen molar-refractivity contribution in [3.63, 3.8) is 0 Å². The summed E-state index contributed by atoms with van der Waals surface area (Å²) in [6, 6.07) is 0. The third kappa shape index (κ3) is 3.45. The summed E-state index contributed by atoms with van der Waals surface area (Å²) in [7, 11) is -1.59. The molecule has 0 saturated carbocycles. The smallest absolute Gasteiger partial charge is 0.192 e. The van der Waals surface area contributed by atoms with Crippen molar-refractivity contribution >= 4 is 8.32 Å². The minimum atomic E-state index is -1.59. The molecule has 1 aromatic heterocycles. The third-order valence-electron chi connectivity index (χ3n) is 3.38. The van der Waals surface area contributed by atoms with Gasteiger partial charge in [-0.2, -0.15) is 0 Å². The lowest BCUT2D eigenvalue weighted by molar-refractivity contribution is 0.271. The summed E-state index contributed by atoms with van der Waals surface area (Å²) >= 11 is 0. The van der Waals surface area contributed by atoms with Crippen LogP contribution in [0.1, 0.15) is 26.5 Å². The highest BCUT2D eigenvalue weighted by Crippen LogP contribution is 2.36. The van der Waals surface area contributed by atoms with Gasteiger partial charge in [0.1, 0.15) is 0 Å². The number of aromatic nitrogens is 2. The van der Waals surface area contributed by atoms with Crippen LogP contribution in [0.4, 0.5) is 0 Å². The Bertz CT molecular complexity index is 339. The number of hydrogen-bond acceptors (Lipinski definition) is 2. The van der Waals surface area contributed by atoms with E-state index in [1.165, 1.54) is 0 Å². The Balaban J connectivity index is 2.41. The average Bonchev–Trinajstić information content (AvgIpc) is 2.49. The maximum absolute atomic E-state index is 6.10. The number of nitrogens with zero attached hydrogens (tertiary/aromatic N) is 2. The number of rotatable bonds is 4. The molecule has 0 aliphatic rings. The predicted octanol–water partition coefficient (Wildman–Crippen LogP) is 3.21. The fourth-order valence-corrected chi connectivity index (χ4v) is 2.25. The molecule has 0 spiro atoms. The number of hydrogen-bond donors (Lipinski definition) is 0. The molecular weight excluding hydrogens is 216 g/mol. The first-order valence-electron chi connectivity index (χ1n) is 5.85. The van der Waals surface area contributed by atoms with Crippen molar-refractivity contribution < 1.29 is 4.43 Å². The summed E-state index contributed by atoms with van der Waals surface area (Å²) in [5.74, 6) is 0. The van der Waals surface area contributed by atoms with Gasteiger partial charge >= 0.3 is 0 Å². The van der Waals surface area contributed by atoms with Crippen molar-refractivity contribution in [1.29, 1.82) is 0 Å². The van der Waals surface area contributed by atoms with Gasteiger partial charge in [0, 0.05) is 12.7 Å². The zero-order chi connectivity index (χ0) is 12.4. The largest absolute Gasteiger partial charge is 0.415 e. The summed E-state index contributed by atoms with van der Waals surface area (Å²) in [6.07, 6.45) is 3.92. The van der Waals surface area contributed by atoms with Crippen molar-refractivity contribution in [2.24, 2.45) is 0 Å². The van der Waals surface area contributed by atoms with E-state index in [9.17, 15) is 0 Å². The second-order valence-corrected chi connectivity index (χ2v) is 10.7. The quantitative estimate of drug-likeness (QED) is 0.756. The molecule has 1 rings (SSSR count). The Kier molecular flexibility index (Phi) is 3.96. The van der Waals surface area contributed by atoms with E-state index in [0.717, 1.165) is 18.8 Å². The highest BCUT2D eigenvalue weighted by molar-refractivity contribution is 6.74. The first-order valence-corrected chi connectivity index (χ1v) is 8.75. The molecule has 0 fully saturated rings. The lowest BCUT2D eigenvalue weighted by Gasteiger charge is -2.36. The van der Waals surface area contributed by atoms with Gasteiger partial charge in [-0.3, -0.25) is 0 Å². The standard InChI is InChI=1S/C12H24N2OSi/c1-11-9-14(10-13-11)7-8-15-16(5,6)12(2,3)4/h9-10H,7-8H2,1-6H3. The normalized spacial score (nSPS) is 13.1. The molecule has 0 unspecified atom stereocenters. The van der Waals surface area contributed by atoms with Gasteiger partial charge in [-0.1, -0.05) is 20.8 Å². The van der Waals surface area contributed by atoms with Crippen molar-refractivity contribution in [3.05, 3.63) is 18.2 Å². The second-order valence-electron chi connectivity index (χ2n) is 5.86. The van der Waals surface area contributed by atoms with E-state index in [1.54, 1.807) is 0 Å². The molecule has 16 heavy (non-hydrogen) atoms. The second kappa shape index (κ2) is 4.71. The molecule has 0 aliphatic carbocycles. The van der Waals surface area contributed by atoms with Gasteiger partial charge in [0.25, 0.3) is 0 Å². The van der Waals surface area contributed by atoms with Crippen molar-refractivity contribution in [2.75, 3.05) is 6.61 Å². The van der Waals surface area contributed by atoms with Gasteiger partial charge in [-0.15, -0.1) is 0 Å².